The topological polar surface area (TPSA) is 61.4 Å². The second-order valence-corrected chi connectivity index (χ2v) is 5.73. The Labute approximate surface area is 108 Å². The maximum Gasteiger partial charge on any atom is 0.315 e. The molecule has 2 amide bonds. The third-order valence-electron chi connectivity index (χ3n) is 3.31. The summed E-state index contributed by atoms with van der Waals surface area (Å²) >= 11 is 1.73. The van der Waals surface area contributed by atoms with Gasteiger partial charge in [-0.2, -0.15) is 11.8 Å². The average molecular weight is 260 g/mol. The van der Waals surface area contributed by atoms with Gasteiger partial charge in [-0.15, -0.1) is 0 Å². The van der Waals surface area contributed by atoms with Crippen LogP contribution >= 0.6 is 11.8 Å². The van der Waals surface area contributed by atoms with Crippen molar-refractivity contribution in [3.8, 4) is 0 Å². The van der Waals surface area contributed by atoms with Crippen LogP contribution in [-0.2, 0) is 0 Å². The van der Waals surface area contributed by atoms with E-state index in [0.717, 1.165) is 37.9 Å². The predicted molar refractivity (Wildman–Crippen MR) is 72.4 cm³/mol. The van der Waals surface area contributed by atoms with Crippen molar-refractivity contribution in [1.82, 2.24) is 10.6 Å². The molecule has 0 radical (unpaired) electrons. The van der Waals surface area contributed by atoms with Gasteiger partial charge in [-0.1, -0.05) is 19.8 Å². The van der Waals surface area contributed by atoms with Crippen molar-refractivity contribution >= 4 is 17.8 Å². The van der Waals surface area contributed by atoms with E-state index in [1.54, 1.807) is 11.8 Å². The van der Waals surface area contributed by atoms with Crippen molar-refractivity contribution in [3.63, 3.8) is 0 Å². The van der Waals surface area contributed by atoms with Gasteiger partial charge in [0, 0.05) is 18.3 Å². The predicted octanol–water partition coefficient (Wildman–Crippen LogP) is 1.73. The molecule has 1 unspecified atom stereocenters. The summed E-state index contributed by atoms with van der Waals surface area (Å²) in [5.74, 6) is 0.925. The number of rotatable bonds is 6. The number of urea groups is 1. The first kappa shape index (κ1) is 14.6. The monoisotopic (exact) mass is 260 g/mol. The van der Waals surface area contributed by atoms with E-state index in [2.05, 4.69) is 17.6 Å². The lowest BCUT2D eigenvalue weighted by Crippen LogP contribution is -2.48. The Bertz CT molecular complexity index is 243. The van der Waals surface area contributed by atoms with E-state index in [1.807, 2.05) is 6.26 Å². The molecule has 1 saturated carbocycles. The number of hydrogen-bond acceptors (Lipinski definition) is 3. The van der Waals surface area contributed by atoms with E-state index in [-0.39, 0.29) is 12.1 Å². The summed E-state index contributed by atoms with van der Waals surface area (Å²) in [6.45, 7) is 2.43. The molecule has 0 bridgehead atoms. The first-order valence-corrected chi connectivity index (χ1v) is 7.74. The third kappa shape index (κ3) is 5.17. The summed E-state index contributed by atoms with van der Waals surface area (Å²) in [7, 11) is 0. The molecular weight excluding hydrogens is 236 g/mol. The van der Waals surface area contributed by atoms with Crippen molar-refractivity contribution in [2.75, 3.05) is 18.6 Å². The number of carbonyl (C=O) groups is 1. The molecule has 0 aliphatic heterocycles. The van der Waals surface area contributed by atoms with E-state index < -0.39 is 5.60 Å². The number of nitrogens with one attached hydrogen (secondary N) is 2. The normalized spacial score (nSPS) is 19.9. The van der Waals surface area contributed by atoms with Crippen LogP contribution in [0.15, 0.2) is 0 Å². The molecule has 0 heterocycles. The Morgan fingerprint density at radius 2 is 2.12 bits per heavy atom. The maximum atomic E-state index is 11.6. The minimum atomic E-state index is -0.668. The van der Waals surface area contributed by atoms with Crippen molar-refractivity contribution in [1.29, 1.82) is 0 Å². The van der Waals surface area contributed by atoms with Crippen LogP contribution in [0.25, 0.3) is 0 Å². The quantitative estimate of drug-likeness (QED) is 0.681. The van der Waals surface area contributed by atoms with Crippen molar-refractivity contribution < 1.29 is 9.90 Å². The van der Waals surface area contributed by atoms with Crippen molar-refractivity contribution in [2.24, 2.45) is 0 Å². The highest BCUT2D eigenvalue weighted by molar-refractivity contribution is 7.98. The molecular formula is C12H24N2O2S. The van der Waals surface area contributed by atoms with Crippen LogP contribution in [-0.4, -0.2) is 41.3 Å². The molecule has 0 spiro atoms. The highest BCUT2D eigenvalue weighted by Crippen LogP contribution is 2.28. The van der Waals surface area contributed by atoms with Crippen molar-refractivity contribution in [3.05, 3.63) is 0 Å². The minimum absolute atomic E-state index is 0.161. The fraction of sp³-hybridized carbons (Fsp3) is 0.917. The maximum absolute atomic E-state index is 11.6. The zero-order valence-corrected chi connectivity index (χ0v) is 11.6. The van der Waals surface area contributed by atoms with Crippen LogP contribution in [0.3, 0.4) is 0 Å². The summed E-state index contributed by atoms with van der Waals surface area (Å²) in [5, 5.41) is 15.8. The van der Waals surface area contributed by atoms with Gasteiger partial charge in [0.15, 0.2) is 0 Å². The SMILES string of the molecule is CCC(CSC)NC(=O)NCC1(O)CCCC1. The zero-order valence-electron chi connectivity index (χ0n) is 10.8. The molecule has 0 saturated heterocycles. The molecule has 100 valence electrons. The number of hydrogen-bond donors (Lipinski definition) is 3. The van der Waals surface area contributed by atoms with Crippen LogP contribution in [0.4, 0.5) is 4.79 Å². The summed E-state index contributed by atoms with van der Waals surface area (Å²) in [6.07, 6.45) is 6.68. The Morgan fingerprint density at radius 1 is 1.47 bits per heavy atom. The molecule has 17 heavy (non-hydrogen) atoms. The van der Waals surface area contributed by atoms with Crippen molar-refractivity contribution in [2.45, 2.75) is 50.7 Å². The van der Waals surface area contributed by atoms with E-state index >= 15 is 0 Å². The lowest BCUT2D eigenvalue weighted by atomic mass is 10.0. The Kier molecular flexibility index (Phi) is 6.12. The van der Waals surface area contributed by atoms with E-state index in [9.17, 15) is 9.90 Å². The summed E-state index contributed by atoms with van der Waals surface area (Å²) in [5.41, 5.74) is -0.668. The van der Waals surface area contributed by atoms with Gasteiger partial charge in [0.25, 0.3) is 0 Å². The number of thioether (sulfide) groups is 1. The largest absolute Gasteiger partial charge is 0.388 e. The Morgan fingerprint density at radius 3 is 2.65 bits per heavy atom. The average Bonchev–Trinajstić information content (AvgIpc) is 2.74. The molecule has 5 heteroatoms. The second-order valence-electron chi connectivity index (χ2n) is 4.82. The molecule has 0 aromatic heterocycles. The highest BCUT2D eigenvalue weighted by Gasteiger charge is 2.31. The molecule has 1 aliphatic carbocycles. The van der Waals surface area contributed by atoms with Gasteiger partial charge in [0.05, 0.1) is 5.60 Å². The van der Waals surface area contributed by atoms with Gasteiger partial charge >= 0.3 is 6.03 Å². The van der Waals surface area contributed by atoms with Crippen LogP contribution in [0.2, 0.25) is 0 Å². The smallest absolute Gasteiger partial charge is 0.315 e. The van der Waals surface area contributed by atoms with Gasteiger partial charge < -0.3 is 15.7 Å². The van der Waals surface area contributed by atoms with Gasteiger partial charge in [-0.3, -0.25) is 0 Å². The first-order chi connectivity index (χ1) is 8.09. The third-order valence-corrected chi connectivity index (χ3v) is 4.04. The standard InChI is InChI=1S/C12H24N2O2S/c1-3-10(8-17-2)14-11(15)13-9-12(16)6-4-5-7-12/h10,16H,3-9H2,1-2H3,(H2,13,14,15). The molecule has 1 aliphatic rings. The Hall–Kier alpha value is -0.420. The van der Waals surface area contributed by atoms with Crippen LogP contribution in [0.1, 0.15) is 39.0 Å². The van der Waals surface area contributed by atoms with Gasteiger partial charge in [-0.05, 0) is 25.5 Å². The van der Waals surface area contributed by atoms with Gasteiger partial charge in [-0.25, -0.2) is 4.79 Å². The van der Waals surface area contributed by atoms with E-state index in [0.29, 0.717) is 6.54 Å². The minimum Gasteiger partial charge on any atom is -0.388 e. The summed E-state index contributed by atoms with van der Waals surface area (Å²) in [4.78, 5) is 11.6. The highest BCUT2D eigenvalue weighted by atomic mass is 32.2. The van der Waals surface area contributed by atoms with Gasteiger partial charge in [0.1, 0.15) is 0 Å². The van der Waals surface area contributed by atoms with Gasteiger partial charge in [0.2, 0.25) is 0 Å². The number of carbonyl (C=O) groups excluding carboxylic acids is 1. The lowest BCUT2D eigenvalue weighted by Gasteiger charge is -2.23. The van der Waals surface area contributed by atoms with E-state index in [4.69, 9.17) is 0 Å². The molecule has 1 fully saturated rings. The summed E-state index contributed by atoms with van der Waals surface area (Å²) < 4.78 is 0. The fourth-order valence-corrected chi connectivity index (χ4v) is 2.88. The second kappa shape index (κ2) is 7.11. The number of aliphatic hydroxyl groups is 1. The molecule has 4 nitrogen and oxygen atoms in total. The fourth-order valence-electron chi connectivity index (χ4n) is 2.15. The molecule has 3 N–H and O–H groups in total. The lowest BCUT2D eigenvalue weighted by molar-refractivity contribution is 0.0500. The molecule has 1 atom stereocenters. The Balaban J connectivity index is 2.24. The first-order valence-electron chi connectivity index (χ1n) is 6.35. The molecule has 0 aromatic rings. The summed E-state index contributed by atoms with van der Waals surface area (Å²) in [6, 6.07) is 0.0504. The van der Waals surface area contributed by atoms with Crippen LogP contribution < -0.4 is 10.6 Å². The van der Waals surface area contributed by atoms with Crippen LogP contribution in [0, 0.1) is 0 Å². The molecule has 1 rings (SSSR count). The van der Waals surface area contributed by atoms with E-state index in [1.165, 1.54) is 0 Å². The molecule has 0 aromatic carbocycles. The van der Waals surface area contributed by atoms with Crippen LogP contribution in [0.5, 0.6) is 0 Å². The number of amides is 2. The zero-order chi connectivity index (χ0) is 12.7.